The van der Waals surface area contributed by atoms with Crippen molar-refractivity contribution in [3.05, 3.63) is 45.1 Å². The summed E-state index contributed by atoms with van der Waals surface area (Å²) in [7, 11) is 0. The number of ketones is 1. The van der Waals surface area contributed by atoms with E-state index in [2.05, 4.69) is 4.98 Å². The van der Waals surface area contributed by atoms with Crippen molar-refractivity contribution in [2.45, 2.75) is 59.3 Å². The van der Waals surface area contributed by atoms with Gasteiger partial charge in [0, 0.05) is 28.1 Å². The zero-order valence-electron chi connectivity index (χ0n) is 15.4. The molecule has 5 nitrogen and oxygen atoms in total. The van der Waals surface area contributed by atoms with E-state index in [-0.39, 0.29) is 22.3 Å². The summed E-state index contributed by atoms with van der Waals surface area (Å²) in [5.74, 6) is -0.176. The molecule has 0 bridgehead atoms. The van der Waals surface area contributed by atoms with Crippen molar-refractivity contribution in [3.63, 3.8) is 0 Å². The number of nitro groups is 1. The molecule has 2 aromatic rings. The Morgan fingerprint density at radius 1 is 1.08 bits per heavy atom. The molecule has 0 saturated carbocycles. The summed E-state index contributed by atoms with van der Waals surface area (Å²) in [4.78, 5) is 27.8. The number of benzene rings is 1. The van der Waals surface area contributed by atoms with Gasteiger partial charge in [-0.2, -0.15) is 0 Å². The predicted molar refractivity (Wildman–Crippen MR) is 95.8 cm³/mol. The van der Waals surface area contributed by atoms with E-state index in [1.807, 2.05) is 53.7 Å². The van der Waals surface area contributed by atoms with Gasteiger partial charge in [0.2, 0.25) is 0 Å². The number of nitro benzene ring substituents is 1. The first kappa shape index (κ1) is 18.0. The molecule has 128 valence electrons. The van der Waals surface area contributed by atoms with Crippen LogP contribution in [0.2, 0.25) is 0 Å². The van der Waals surface area contributed by atoms with Gasteiger partial charge in [0.25, 0.3) is 5.69 Å². The van der Waals surface area contributed by atoms with E-state index in [1.165, 1.54) is 13.0 Å². The lowest BCUT2D eigenvalue weighted by Crippen LogP contribution is -2.19. The van der Waals surface area contributed by atoms with Gasteiger partial charge in [-0.15, -0.1) is 0 Å². The molecule has 0 atom stereocenters. The second kappa shape index (κ2) is 5.65. The van der Waals surface area contributed by atoms with Gasteiger partial charge in [-0.3, -0.25) is 14.9 Å². The van der Waals surface area contributed by atoms with Gasteiger partial charge in [0.05, 0.1) is 4.92 Å². The number of hydrogen-bond acceptors (Lipinski definition) is 4. The molecule has 1 aromatic heterocycles. The number of Topliss-reactive ketones (excluding diaryl/α,β-unsaturated/α-hetero) is 1. The highest BCUT2D eigenvalue weighted by Crippen LogP contribution is 2.38. The van der Waals surface area contributed by atoms with E-state index in [0.717, 1.165) is 11.3 Å². The number of non-ortho nitro benzene ring substituents is 1. The van der Waals surface area contributed by atoms with Gasteiger partial charge < -0.3 is 0 Å². The molecule has 0 aliphatic rings. The Morgan fingerprint density at radius 2 is 1.67 bits per heavy atom. The molecule has 24 heavy (non-hydrogen) atoms. The van der Waals surface area contributed by atoms with Crippen LogP contribution in [0.5, 0.6) is 0 Å². The minimum absolute atomic E-state index is 0.116. The van der Waals surface area contributed by atoms with Gasteiger partial charge in [0.15, 0.2) is 5.78 Å². The second-order valence-electron chi connectivity index (χ2n) is 8.22. The van der Waals surface area contributed by atoms with E-state index >= 15 is 0 Å². The van der Waals surface area contributed by atoms with Gasteiger partial charge in [-0.05, 0) is 24.0 Å². The Balaban J connectivity index is 3.04. The fraction of sp³-hybridized carbons (Fsp3) is 0.474. The highest BCUT2D eigenvalue weighted by molar-refractivity contribution is 6.04. The third-order valence-corrected chi connectivity index (χ3v) is 4.05. The largest absolute Gasteiger partial charge is 0.296 e. The van der Waals surface area contributed by atoms with Crippen molar-refractivity contribution < 1.29 is 9.72 Å². The lowest BCUT2D eigenvalue weighted by Gasteiger charge is -2.25. The first-order valence-electron chi connectivity index (χ1n) is 7.98. The molecule has 0 unspecified atom stereocenters. The maximum Gasteiger partial charge on any atom is 0.296 e. The topological polar surface area (TPSA) is 73.1 Å². The predicted octanol–water partition coefficient (Wildman–Crippen LogP) is 4.94. The van der Waals surface area contributed by atoms with Crippen LogP contribution in [0.4, 0.5) is 5.69 Å². The summed E-state index contributed by atoms with van der Waals surface area (Å²) < 4.78 is 0. The van der Waals surface area contributed by atoms with Crippen LogP contribution in [0, 0.1) is 10.1 Å². The molecular weight excluding hydrogens is 304 g/mol. The Bertz CT molecular complexity index is 840. The van der Waals surface area contributed by atoms with Crippen LogP contribution in [-0.4, -0.2) is 15.7 Å². The first-order chi connectivity index (χ1) is 10.8. The van der Waals surface area contributed by atoms with Crippen molar-refractivity contribution in [1.82, 2.24) is 4.98 Å². The number of carbonyl (C=O) groups excluding carboxylic acids is 1. The molecular formula is C19H24N2O3. The van der Waals surface area contributed by atoms with E-state index < -0.39 is 4.92 Å². The minimum atomic E-state index is -0.458. The summed E-state index contributed by atoms with van der Waals surface area (Å²) in [5.41, 5.74) is 1.67. The van der Waals surface area contributed by atoms with Gasteiger partial charge >= 0.3 is 0 Å². The Kier molecular flexibility index (Phi) is 4.25. The number of aromatic nitrogens is 1. The molecule has 0 aliphatic carbocycles. The van der Waals surface area contributed by atoms with Crippen LogP contribution in [-0.2, 0) is 10.8 Å². The Labute approximate surface area is 142 Å². The van der Waals surface area contributed by atoms with Crippen LogP contribution < -0.4 is 0 Å². The lowest BCUT2D eigenvalue weighted by atomic mass is 9.79. The summed E-state index contributed by atoms with van der Waals surface area (Å²) in [5, 5.41) is 12.2. The lowest BCUT2D eigenvalue weighted by molar-refractivity contribution is -0.383. The summed E-state index contributed by atoms with van der Waals surface area (Å²) in [6.45, 7) is 13.5. The smallest absolute Gasteiger partial charge is 0.294 e. The third-order valence-electron chi connectivity index (χ3n) is 4.05. The molecule has 2 rings (SSSR count). The zero-order chi connectivity index (χ0) is 18.4. The van der Waals surface area contributed by atoms with Crippen LogP contribution >= 0.6 is 0 Å². The maximum atomic E-state index is 12.1. The molecule has 1 heterocycles. The molecule has 5 heteroatoms. The monoisotopic (exact) mass is 328 g/mol. The molecule has 0 fully saturated rings. The van der Waals surface area contributed by atoms with E-state index in [1.54, 1.807) is 0 Å². The Hall–Kier alpha value is -2.30. The van der Waals surface area contributed by atoms with E-state index in [4.69, 9.17) is 0 Å². The molecule has 0 saturated heterocycles. The quantitative estimate of drug-likeness (QED) is 0.444. The normalized spacial score (nSPS) is 12.5. The minimum Gasteiger partial charge on any atom is -0.294 e. The molecule has 0 radical (unpaired) electrons. The summed E-state index contributed by atoms with van der Waals surface area (Å²) in [6, 6.07) is 5.14. The maximum absolute atomic E-state index is 12.1. The van der Waals surface area contributed by atoms with Gasteiger partial charge in [-0.1, -0.05) is 47.6 Å². The van der Waals surface area contributed by atoms with Crippen molar-refractivity contribution in [1.29, 1.82) is 0 Å². The number of nitrogens with zero attached hydrogens (tertiary/aromatic N) is 2. The standard InChI is InChI=1S/C19H24N2O3/c1-11(22)13-10-14(21(23)24)17-12(16(13)19(5,6)7)8-9-15(20-17)18(2,3)4/h8-10H,1-7H3. The number of fused-ring (bicyclic) bond motifs is 1. The number of rotatable bonds is 2. The summed E-state index contributed by atoms with van der Waals surface area (Å²) in [6.07, 6.45) is 0. The number of hydrogen-bond donors (Lipinski definition) is 0. The van der Waals surface area contributed by atoms with Crippen molar-refractivity contribution in [3.8, 4) is 0 Å². The SMILES string of the molecule is CC(=O)c1cc([N+](=O)[O-])c2nc(C(C)(C)C)ccc2c1C(C)(C)C. The van der Waals surface area contributed by atoms with Crippen LogP contribution in [0.3, 0.4) is 0 Å². The van der Waals surface area contributed by atoms with E-state index in [9.17, 15) is 14.9 Å². The fourth-order valence-electron chi connectivity index (χ4n) is 2.92. The first-order valence-corrected chi connectivity index (χ1v) is 7.98. The van der Waals surface area contributed by atoms with Crippen molar-refractivity contribution >= 4 is 22.4 Å². The highest BCUT2D eigenvalue weighted by Gasteiger charge is 2.29. The third kappa shape index (κ3) is 3.16. The number of carbonyl (C=O) groups is 1. The van der Waals surface area contributed by atoms with Crippen molar-refractivity contribution in [2.24, 2.45) is 0 Å². The average molecular weight is 328 g/mol. The molecule has 0 spiro atoms. The Morgan fingerprint density at radius 3 is 2.08 bits per heavy atom. The van der Waals surface area contributed by atoms with Crippen molar-refractivity contribution in [2.75, 3.05) is 0 Å². The van der Waals surface area contributed by atoms with Crippen LogP contribution in [0.25, 0.3) is 10.9 Å². The fourth-order valence-corrected chi connectivity index (χ4v) is 2.92. The summed E-state index contributed by atoms with van der Waals surface area (Å²) >= 11 is 0. The van der Waals surface area contributed by atoms with Crippen LogP contribution in [0.15, 0.2) is 18.2 Å². The van der Waals surface area contributed by atoms with E-state index in [0.29, 0.717) is 16.5 Å². The van der Waals surface area contributed by atoms with Gasteiger partial charge in [-0.25, -0.2) is 4.98 Å². The van der Waals surface area contributed by atoms with Gasteiger partial charge in [0.1, 0.15) is 5.52 Å². The molecule has 0 amide bonds. The molecule has 1 aromatic carbocycles. The number of pyridine rings is 1. The second-order valence-corrected chi connectivity index (χ2v) is 8.22. The highest BCUT2D eigenvalue weighted by atomic mass is 16.6. The van der Waals surface area contributed by atoms with Crippen LogP contribution in [0.1, 0.15) is 70.1 Å². The average Bonchev–Trinajstić information content (AvgIpc) is 2.42. The molecule has 0 aliphatic heterocycles. The molecule has 0 N–H and O–H groups in total. The zero-order valence-corrected chi connectivity index (χ0v) is 15.4.